The zero-order valence-electron chi connectivity index (χ0n) is 12.1. The van der Waals surface area contributed by atoms with Gasteiger partial charge in [0, 0.05) is 11.0 Å². The van der Waals surface area contributed by atoms with Gasteiger partial charge in [0.2, 0.25) is 0 Å². The Hall–Kier alpha value is -1.81. The van der Waals surface area contributed by atoms with E-state index in [9.17, 15) is 9.90 Å². The fraction of sp³-hybridized carbons (Fsp3) is 0.235. The van der Waals surface area contributed by atoms with Crippen molar-refractivity contribution in [1.82, 2.24) is 5.32 Å². The van der Waals surface area contributed by atoms with E-state index in [4.69, 9.17) is 0 Å². The maximum absolute atomic E-state index is 12.0. The van der Waals surface area contributed by atoms with Gasteiger partial charge < -0.3 is 10.4 Å². The highest BCUT2D eigenvalue weighted by Crippen LogP contribution is 2.22. The quantitative estimate of drug-likeness (QED) is 0.870. The zero-order valence-corrected chi connectivity index (χ0v) is 13.6. The standard InChI is InChI=1S/C17H18BrNO2/c1-11(2)13-5-3-12(4-6-13)10-19-17(21)15-8-7-14(18)9-16(15)20/h3-9,11,20H,10H2,1-2H3,(H,19,21). The second kappa shape index (κ2) is 6.76. The van der Waals surface area contributed by atoms with Crippen molar-refractivity contribution in [2.75, 3.05) is 0 Å². The Bertz CT molecular complexity index is 636. The smallest absolute Gasteiger partial charge is 0.255 e. The molecule has 110 valence electrons. The maximum atomic E-state index is 12.0. The van der Waals surface area contributed by atoms with E-state index in [1.54, 1.807) is 12.1 Å². The normalized spacial score (nSPS) is 10.7. The number of aromatic hydroxyl groups is 1. The highest BCUT2D eigenvalue weighted by molar-refractivity contribution is 9.10. The molecule has 0 radical (unpaired) electrons. The summed E-state index contributed by atoms with van der Waals surface area (Å²) in [6, 6.07) is 13.0. The first-order chi connectivity index (χ1) is 9.97. The van der Waals surface area contributed by atoms with Gasteiger partial charge in [0.1, 0.15) is 5.75 Å². The molecule has 0 aliphatic carbocycles. The number of hydrogen-bond acceptors (Lipinski definition) is 2. The van der Waals surface area contributed by atoms with Gasteiger partial charge in [0.05, 0.1) is 5.56 Å². The van der Waals surface area contributed by atoms with Gasteiger partial charge in [-0.05, 0) is 35.2 Å². The topological polar surface area (TPSA) is 49.3 Å². The molecule has 4 heteroatoms. The molecular weight excluding hydrogens is 330 g/mol. The lowest BCUT2D eigenvalue weighted by Crippen LogP contribution is -2.22. The fourth-order valence-corrected chi connectivity index (χ4v) is 2.34. The third-order valence-electron chi connectivity index (χ3n) is 3.30. The molecule has 0 atom stereocenters. The number of carbonyl (C=O) groups is 1. The predicted octanol–water partition coefficient (Wildman–Crippen LogP) is 4.21. The minimum Gasteiger partial charge on any atom is -0.507 e. The molecule has 2 aromatic carbocycles. The molecule has 2 N–H and O–H groups in total. The van der Waals surface area contributed by atoms with Crippen LogP contribution in [0, 0.1) is 0 Å². The first-order valence-electron chi connectivity index (χ1n) is 6.83. The van der Waals surface area contributed by atoms with Crippen LogP contribution in [0.1, 0.15) is 41.3 Å². The second-order valence-corrected chi connectivity index (χ2v) is 6.16. The van der Waals surface area contributed by atoms with Crippen molar-refractivity contribution in [1.29, 1.82) is 0 Å². The molecule has 0 spiro atoms. The van der Waals surface area contributed by atoms with Crippen molar-refractivity contribution in [3.05, 3.63) is 63.6 Å². The van der Waals surface area contributed by atoms with Crippen molar-refractivity contribution < 1.29 is 9.90 Å². The molecule has 0 aliphatic rings. The third kappa shape index (κ3) is 4.08. The second-order valence-electron chi connectivity index (χ2n) is 5.24. The van der Waals surface area contributed by atoms with Gasteiger partial charge in [-0.1, -0.05) is 54.0 Å². The van der Waals surface area contributed by atoms with Crippen LogP contribution < -0.4 is 5.32 Å². The van der Waals surface area contributed by atoms with Crippen LogP contribution in [0.2, 0.25) is 0 Å². The zero-order chi connectivity index (χ0) is 15.4. The lowest BCUT2D eigenvalue weighted by atomic mass is 10.0. The highest BCUT2D eigenvalue weighted by Gasteiger charge is 2.10. The summed E-state index contributed by atoms with van der Waals surface area (Å²) in [5.41, 5.74) is 2.58. The van der Waals surface area contributed by atoms with Gasteiger partial charge in [-0.25, -0.2) is 0 Å². The molecule has 21 heavy (non-hydrogen) atoms. The van der Waals surface area contributed by atoms with Crippen LogP contribution in [-0.4, -0.2) is 11.0 Å². The van der Waals surface area contributed by atoms with Gasteiger partial charge in [-0.2, -0.15) is 0 Å². The molecule has 0 heterocycles. The summed E-state index contributed by atoms with van der Waals surface area (Å²) in [6.07, 6.45) is 0. The molecule has 2 rings (SSSR count). The summed E-state index contributed by atoms with van der Waals surface area (Å²) < 4.78 is 0.737. The van der Waals surface area contributed by atoms with Gasteiger partial charge in [0.15, 0.2) is 0 Å². The van der Waals surface area contributed by atoms with Crippen molar-refractivity contribution in [3.63, 3.8) is 0 Å². The van der Waals surface area contributed by atoms with Crippen LogP contribution in [-0.2, 0) is 6.54 Å². The van der Waals surface area contributed by atoms with Crippen LogP contribution in [0.5, 0.6) is 5.75 Å². The summed E-state index contributed by atoms with van der Waals surface area (Å²) in [6.45, 7) is 4.73. The Morgan fingerprint density at radius 2 is 1.86 bits per heavy atom. The van der Waals surface area contributed by atoms with Gasteiger partial charge in [-0.15, -0.1) is 0 Å². The maximum Gasteiger partial charge on any atom is 0.255 e. The summed E-state index contributed by atoms with van der Waals surface area (Å²) in [7, 11) is 0. The summed E-state index contributed by atoms with van der Waals surface area (Å²) >= 11 is 3.25. The Morgan fingerprint density at radius 3 is 2.43 bits per heavy atom. The molecule has 0 unspecified atom stereocenters. The van der Waals surface area contributed by atoms with E-state index in [-0.39, 0.29) is 17.2 Å². The number of nitrogens with one attached hydrogen (secondary N) is 1. The Balaban J connectivity index is 2.00. The average molecular weight is 348 g/mol. The van der Waals surface area contributed by atoms with Crippen LogP contribution in [0.25, 0.3) is 0 Å². The first-order valence-corrected chi connectivity index (χ1v) is 7.62. The SMILES string of the molecule is CC(C)c1ccc(CNC(=O)c2ccc(Br)cc2O)cc1. The Kier molecular flexibility index (Phi) is 5.02. The third-order valence-corrected chi connectivity index (χ3v) is 3.80. The average Bonchev–Trinajstić information content (AvgIpc) is 2.45. The number of phenolic OH excluding ortho intramolecular Hbond substituents is 1. The molecule has 1 amide bonds. The highest BCUT2D eigenvalue weighted by atomic mass is 79.9. The largest absolute Gasteiger partial charge is 0.507 e. The van der Waals surface area contributed by atoms with E-state index >= 15 is 0 Å². The van der Waals surface area contributed by atoms with Gasteiger partial charge >= 0.3 is 0 Å². The minimum atomic E-state index is -0.284. The Morgan fingerprint density at radius 1 is 1.19 bits per heavy atom. The van der Waals surface area contributed by atoms with E-state index in [0.29, 0.717) is 12.5 Å². The van der Waals surface area contributed by atoms with E-state index in [0.717, 1.165) is 10.0 Å². The van der Waals surface area contributed by atoms with E-state index in [1.165, 1.54) is 11.6 Å². The molecule has 3 nitrogen and oxygen atoms in total. The molecule has 0 fully saturated rings. The number of halogens is 1. The van der Waals surface area contributed by atoms with Crippen molar-refractivity contribution in [2.45, 2.75) is 26.3 Å². The van der Waals surface area contributed by atoms with Crippen molar-refractivity contribution >= 4 is 21.8 Å². The number of hydrogen-bond donors (Lipinski definition) is 2. The lowest BCUT2D eigenvalue weighted by Gasteiger charge is -2.09. The number of benzene rings is 2. The molecule has 0 aliphatic heterocycles. The first kappa shape index (κ1) is 15.6. The molecule has 0 aromatic heterocycles. The van der Waals surface area contributed by atoms with Crippen LogP contribution in [0.3, 0.4) is 0 Å². The molecule has 0 bridgehead atoms. The Labute approximate surface area is 133 Å². The molecule has 0 saturated carbocycles. The van der Waals surface area contributed by atoms with E-state index in [1.807, 2.05) is 12.1 Å². The van der Waals surface area contributed by atoms with Crippen molar-refractivity contribution in [2.24, 2.45) is 0 Å². The molecular formula is C17H18BrNO2. The fourth-order valence-electron chi connectivity index (χ4n) is 1.99. The summed E-state index contributed by atoms with van der Waals surface area (Å²) in [5.74, 6) is 0.179. The predicted molar refractivity (Wildman–Crippen MR) is 87.5 cm³/mol. The summed E-state index contributed by atoms with van der Waals surface area (Å²) in [5, 5.41) is 12.6. The number of phenols is 1. The van der Waals surface area contributed by atoms with Crippen LogP contribution in [0.15, 0.2) is 46.9 Å². The number of carbonyl (C=O) groups excluding carboxylic acids is 1. The van der Waals surface area contributed by atoms with E-state index < -0.39 is 0 Å². The van der Waals surface area contributed by atoms with Crippen LogP contribution >= 0.6 is 15.9 Å². The van der Waals surface area contributed by atoms with Crippen LogP contribution in [0.4, 0.5) is 0 Å². The summed E-state index contributed by atoms with van der Waals surface area (Å²) in [4.78, 5) is 12.0. The lowest BCUT2D eigenvalue weighted by molar-refractivity contribution is 0.0948. The van der Waals surface area contributed by atoms with E-state index in [2.05, 4.69) is 47.2 Å². The monoisotopic (exact) mass is 347 g/mol. The van der Waals surface area contributed by atoms with Crippen molar-refractivity contribution in [3.8, 4) is 5.75 Å². The molecule has 0 saturated heterocycles. The van der Waals surface area contributed by atoms with Gasteiger partial charge in [0.25, 0.3) is 5.91 Å². The number of rotatable bonds is 4. The van der Waals surface area contributed by atoms with Gasteiger partial charge in [-0.3, -0.25) is 4.79 Å². The minimum absolute atomic E-state index is 0.0305. The number of amides is 1. The molecule has 2 aromatic rings.